The number of methoxy groups -OCH3 is 1. The number of sulfonamides is 1. The van der Waals surface area contributed by atoms with E-state index in [0.717, 1.165) is 12.8 Å². The van der Waals surface area contributed by atoms with Gasteiger partial charge in [0, 0.05) is 13.7 Å². The maximum atomic E-state index is 11.6. The molecule has 0 amide bonds. The third-order valence-electron chi connectivity index (χ3n) is 3.06. The van der Waals surface area contributed by atoms with Gasteiger partial charge in [0.25, 0.3) is 0 Å². The van der Waals surface area contributed by atoms with Crippen molar-refractivity contribution in [3.8, 4) is 0 Å². The summed E-state index contributed by atoms with van der Waals surface area (Å²) >= 11 is 0. The molecule has 1 aliphatic rings. The van der Waals surface area contributed by atoms with Crippen LogP contribution in [0, 0.1) is 0 Å². The first-order valence-corrected chi connectivity index (χ1v) is 7.37. The average Bonchev–Trinajstić information content (AvgIpc) is 2.74. The Bertz CT molecular complexity index is 335. The van der Waals surface area contributed by atoms with Crippen molar-refractivity contribution in [1.29, 1.82) is 0 Å². The van der Waals surface area contributed by atoms with Gasteiger partial charge in [0.05, 0.1) is 12.2 Å². The third kappa shape index (κ3) is 4.39. The van der Waals surface area contributed by atoms with E-state index in [1.807, 2.05) is 0 Å². The maximum Gasteiger partial charge on any atom is 0.214 e. The second-order valence-electron chi connectivity index (χ2n) is 4.30. The molecule has 0 aromatic heterocycles. The van der Waals surface area contributed by atoms with Crippen LogP contribution in [0.3, 0.4) is 0 Å². The monoisotopic (exact) mass is 263 g/mol. The van der Waals surface area contributed by atoms with Crippen LogP contribution in [0.5, 0.6) is 0 Å². The van der Waals surface area contributed by atoms with E-state index in [4.69, 9.17) is 14.6 Å². The number of hydrogen-bond donors (Lipinski definition) is 1. The highest BCUT2D eigenvalue weighted by Gasteiger charge is 2.34. The summed E-state index contributed by atoms with van der Waals surface area (Å²) in [5, 5.41) is 4.54. The Hall–Kier alpha value is -0.430. The Morgan fingerprint density at radius 2 is 2.35 bits per heavy atom. The van der Waals surface area contributed by atoms with Gasteiger partial charge in [-0.3, -0.25) is 0 Å². The van der Waals surface area contributed by atoms with Crippen LogP contribution in [-0.4, -0.2) is 39.6 Å². The smallest absolute Gasteiger partial charge is 0.214 e. The summed E-state index contributed by atoms with van der Waals surface area (Å²) in [7, 11) is -2.15. The fraction of sp³-hybridized carbons (Fsp3) is 0.818. The fourth-order valence-corrected chi connectivity index (χ4v) is 3.28. The first-order chi connectivity index (χ1) is 7.99. The van der Waals surface area contributed by atoms with Gasteiger partial charge in [0.1, 0.15) is 5.25 Å². The molecule has 0 aromatic rings. The van der Waals surface area contributed by atoms with Gasteiger partial charge in [-0.05, 0) is 25.7 Å². The van der Waals surface area contributed by atoms with Crippen molar-refractivity contribution in [1.82, 2.24) is 0 Å². The largest absolute Gasteiger partial charge is 0.380 e. The number of rotatable bonds is 7. The molecule has 1 aliphatic heterocycles. The Kier molecular flexibility index (Phi) is 5.58. The molecule has 0 aromatic carbocycles. The van der Waals surface area contributed by atoms with Gasteiger partial charge < -0.3 is 9.47 Å². The summed E-state index contributed by atoms with van der Waals surface area (Å²) in [6.45, 7) is 4.29. The standard InChI is InChI=1S/C11H21NO4S/c1-3-5-10(15-2)11(17(12,13)14)8-9-6-4-7-16-9/h3,9-11H,1,4-8H2,2H3,(H2,12,13,14)/t9?,10-,11-/m0/s1. The number of ether oxygens (including phenoxy) is 2. The summed E-state index contributed by atoms with van der Waals surface area (Å²) in [6, 6.07) is 0. The zero-order valence-corrected chi connectivity index (χ0v) is 11.0. The molecule has 100 valence electrons. The molecule has 3 atom stereocenters. The van der Waals surface area contributed by atoms with Gasteiger partial charge >= 0.3 is 0 Å². The summed E-state index contributed by atoms with van der Waals surface area (Å²) in [6.07, 6.45) is 3.88. The molecule has 0 aliphatic carbocycles. The second kappa shape index (κ2) is 6.49. The Balaban J connectivity index is 2.74. The molecular formula is C11H21NO4S. The van der Waals surface area contributed by atoms with Crippen LogP contribution in [0.15, 0.2) is 12.7 Å². The molecule has 0 radical (unpaired) electrons. The molecule has 0 bridgehead atoms. The topological polar surface area (TPSA) is 78.6 Å². The summed E-state index contributed by atoms with van der Waals surface area (Å²) < 4.78 is 33.9. The molecule has 2 N–H and O–H groups in total. The van der Waals surface area contributed by atoms with Crippen LogP contribution in [-0.2, 0) is 19.5 Å². The van der Waals surface area contributed by atoms with Gasteiger partial charge in [0.15, 0.2) is 0 Å². The fourth-order valence-electron chi connectivity index (χ4n) is 2.15. The first-order valence-electron chi connectivity index (χ1n) is 5.76. The highest BCUT2D eigenvalue weighted by molar-refractivity contribution is 7.89. The van der Waals surface area contributed by atoms with Crippen molar-refractivity contribution in [2.75, 3.05) is 13.7 Å². The predicted molar refractivity (Wildman–Crippen MR) is 66.1 cm³/mol. The van der Waals surface area contributed by atoms with Crippen LogP contribution < -0.4 is 5.14 Å². The lowest BCUT2D eigenvalue weighted by Gasteiger charge is -2.25. The Labute approximate surface area is 103 Å². The van der Waals surface area contributed by atoms with Gasteiger partial charge in [0.2, 0.25) is 10.0 Å². The lowest BCUT2D eigenvalue weighted by Crippen LogP contribution is -2.41. The van der Waals surface area contributed by atoms with Crippen LogP contribution >= 0.6 is 0 Å². The zero-order valence-electron chi connectivity index (χ0n) is 10.2. The van der Waals surface area contributed by atoms with E-state index in [9.17, 15) is 8.42 Å². The average molecular weight is 263 g/mol. The van der Waals surface area contributed by atoms with E-state index in [0.29, 0.717) is 19.4 Å². The van der Waals surface area contributed by atoms with Crippen LogP contribution in [0.1, 0.15) is 25.7 Å². The van der Waals surface area contributed by atoms with Crippen molar-refractivity contribution < 1.29 is 17.9 Å². The van der Waals surface area contributed by atoms with Gasteiger partial charge in [-0.25, -0.2) is 13.6 Å². The quantitative estimate of drug-likeness (QED) is 0.689. The van der Waals surface area contributed by atoms with E-state index in [-0.39, 0.29) is 6.10 Å². The summed E-state index contributed by atoms with van der Waals surface area (Å²) in [4.78, 5) is 0. The van der Waals surface area contributed by atoms with E-state index in [1.165, 1.54) is 7.11 Å². The molecule has 1 heterocycles. The van der Waals surface area contributed by atoms with E-state index in [1.54, 1.807) is 6.08 Å². The molecule has 0 spiro atoms. The first kappa shape index (κ1) is 14.6. The van der Waals surface area contributed by atoms with Crippen molar-refractivity contribution in [3.05, 3.63) is 12.7 Å². The van der Waals surface area contributed by atoms with Gasteiger partial charge in [-0.1, -0.05) is 6.08 Å². The highest BCUT2D eigenvalue weighted by atomic mass is 32.2. The Morgan fingerprint density at radius 3 is 2.76 bits per heavy atom. The Morgan fingerprint density at radius 1 is 1.65 bits per heavy atom. The van der Waals surface area contributed by atoms with Crippen molar-refractivity contribution in [2.24, 2.45) is 5.14 Å². The molecule has 1 fully saturated rings. The van der Waals surface area contributed by atoms with Crippen molar-refractivity contribution in [3.63, 3.8) is 0 Å². The minimum absolute atomic E-state index is 0.0270. The highest BCUT2D eigenvalue weighted by Crippen LogP contribution is 2.23. The molecule has 1 saturated heterocycles. The van der Waals surface area contributed by atoms with Crippen LogP contribution in [0.2, 0.25) is 0 Å². The maximum absolute atomic E-state index is 11.6. The molecule has 17 heavy (non-hydrogen) atoms. The normalized spacial score (nSPS) is 24.5. The van der Waals surface area contributed by atoms with Gasteiger partial charge in [-0.15, -0.1) is 6.58 Å². The number of primary sulfonamides is 1. The lowest BCUT2D eigenvalue weighted by atomic mass is 10.0. The molecule has 1 unspecified atom stereocenters. The molecule has 1 rings (SSSR count). The van der Waals surface area contributed by atoms with Gasteiger partial charge in [-0.2, -0.15) is 0 Å². The summed E-state index contributed by atoms with van der Waals surface area (Å²) in [5.41, 5.74) is 0. The van der Waals surface area contributed by atoms with Crippen molar-refractivity contribution in [2.45, 2.75) is 43.1 Å². The zero-order chi connectivity index (χ0) is 12.9. The minimum atomic E-state index is -3.64. The van der Waals surface area contributed by atoms with Crippen molar-refractivity contribution >= 4 is 10.0 Å². The molecular weight excluding hydrogens is 242 g/mol. The number of hydrogen-bond acceptors (Lipinski definition) is 4. The molecule has 5 nitrogen and oxygen atoms in total. The minimum Gasteiger partial charge on any atom is -0.380 e. The SMILES string of the molecule is C=CC[C@H](OC)[C@H](CC1CCCO1)S(N)(=O)=O. The van der Waals surface area contributed by atoms with Crippen LogP contribution in [0.4, 0.5) is 0 Å². The van der Waals surface area contributed by atoms with Crippen LogP contribution in [0.25, 0.3) is 0 Å². The van der Waals surface area contributed by atoms with E-state index < -0.39 is 21.4 Å². The predicted octanol–water partition coefficient (Wildman–Crippen LogP) is 0.804. The lowest BCUT2D eigenvalue weighted by molar-refractivity contribution is 0.0632. The summed E-state index contributed by atoms with van der Waals surface area (Å²) in [5.74, 6) is 0. The van der Waals surface area contributed by atoms with E-state index in [2.05, 4.69) is 6.58 Å². The third-order valence-corrected chi connectivity index (χ3v) is 4.40. The number of nitrogens with two attached hydrogens (primary N) is 1. The molecule has 0 saturated carbocycles. The van der Waals surface area contributed by atoms with E-state index >= 15 is 0 Å². The second-order valence-corrected chi connectivity index (χ2v) is 6.08. The molecule has 6 heteroatoms.